The lowest BCUT2D eigenvalue weighted by atomic mass is 10.1. The van der Waals surface area contributed by atoms with Crippen LogP contribution in [0.2, 0.25) is 0 Å². The zero-order valence-electron chi connectivity index (χ0n) is 8.12. The molecule has 2 heterocycles. The van der Waals surface area contributed by atoms with Crippen molar-refractivity contribution in [2.45, 2.75) is 6.10 Å². The van der Waals surface area contributed by atoms with Crippen molar-refractivity contribution in [3.8, 4) is 0 Å². The number of carbonyl (C=O) groups is 2. The molecule has 5 nitrogen and oxygen atoms in total. The average Bonchev–Trinajstić information content (AvgIpc) is 2.97. The van der Waals surface area contributed by atoms with E-state index in [2.05, 4.69) is 0 Å². The van der Waals surface area contributed by atoms with Crippen molar-refractivity contribution in [2.75, 3.05) is 0 Å². The first kappa shape index (κ1) is 10.4. The Morgan fingerprint density at radius 3 is 1.75 bits per heavy atom. The molecule has 0 saturated carbocycles. The van der Waals surface area contributed by atoms with Gasteiger partial charge < -0.3 is 13.9 Å². The first-order valence-electron chi connectivity index (χ1n) is 4.53. The number of carbonyl (C=O) groups excluding carboxylic acids is 2. The van der Waals surface area contributed by atoms with Gasteiger partial charge in [-0.15, -0.1) is 0 Å². The molecular formula is C11H8O5. The van der Waals surface area contributed by atoms with Gasteiger partial charge in [-0.3, -0.25) is 9.59 Å². The predicted molar refractivity (Wildman–Crippen MR) is 52.1 cm³/mol. The Morgan fingerprint density at radius 2 is 1.44 bits per heavy atom. The molecule has 0 bridgehead atoms. The molecule has 2 aromatic heterocycles. The highest BCUT2D eigenvalue weighted by Crippen LogP contribution is 2.10. The van der Waals surface area contributed by atoms with Crippen molar-refractivity contribution in [3.63, 3.8) is 0 Å². The quantitative estimate of drug-likeness (QED) is 0.620. The minimum atomic E-state index is -1.79. The second kappa shape index (κ2) is 4.16. The van der Waals surface area contributed by atoms with Gasteiger partial charge in [-0.2, -0.15) is 0 Å². The molecule has 1 N–H and O–H groups in total. The fourth-order valence-electron chi connectivity index (χ4n) is 1.23. The van der Waals surface area contributed by atoms with Gasteiger partial charge in [0.25, 0.3) is 0 Å². The third kappa shape index (κ3) is 1.80. The summed E-state index contributed by atoms with van der Waals surface area (Å²) in [6.45, 7) is 0. The normalized spacial score (nSPS) is 10.6. The van der Waals surface area contributed by atoms with Crippen LogP contribution < -0.4 is 0 Å². The molecule has 0 amide bonds. The number of aliphatic hydroxyl groups is 1. The lowest BCUT2D eigenvalue weighted by molar-refractivity contribution is 0.0593. The fraction of sp³-hybridized carbons (Fsp3) is 0.0909. The zero-order chi connectivity index (χ0) is 11.5. The lowest BCUT2D eigenvalue weighted by Crippen LogP contribution is -2.29. The Bertz CT molecular complexity index is 434. The van der Waals surface area contributed by atoms with Crippen LogP contribution in [-0.2, 0) is 0 Å². The van der Waals surface area contributed by atoms with E-state index in [4.69, 9.17) is 8.83 Å². The molecule has 5 heteroatoms. The number of ketones is 2. The van der Waals surface area contributed by atoms with E-state index in [0.29, 0.717) is 0 Å². The van der Waals surface area contributed by atoms with Crippen LogP contribution in [0.15, 0.2) is 45.6 Å². The summed E-state index contributed by atoms with van der Waals surface area (Å²) in [5.41, 5.74) is 0. The van der Waals surface area contributed by atoms with Crippen molar-refractivity contribution in [2.24, 2.45) is 0 Å². The Balaban J connectivity index is 2.17. The van der Waals surface area contributed by atoms with E-state index in [1.165, 1.54) is 36.8 Å². The van der Waals surface area contributed by atoms with Crippen molar-refractivity contribution in [1.29, 1.82) is 0 Å². The molecule has 0 atom stereocenters. The van der Waals surface area contributed by atoms with E-state index in [1.54, 1.807) is 0 Å². The zero-order valence-corrected chi connectivity index (χ0v) is 8.12. The molecule has 0 aliphatic rings. The number of Topliss-reactive ketones (excluding diaryl/α,β-unsaturated/α-hetero) is 2. The van der Waals surface area contributed by atoms with E-state index in [-0.39, 0.29) is 11.5 Å². The molecule has 2 rings (SSSR count). The van der Waals surface area contributed by atoms with Gasteiger partial charge in [-0.1, -0.05) is 0 Å². The highest BCUT2D eigenvalue weighted by molar-refractivity contribution is 6.16. The van der Waals surface area contributed by atoms with Gasteiger partial charge in [0, 0.05) is 0 Å². The molecular weight excluding hydrogens is 212 g/mol. The summed E-state index contributed by atoms with van der Waals surface area (Å²) in [6.07, 6.45) is 0.784. The van der Waals surface area contributed by atoms with E-state index >= 15 is 0 Å². The van der Waals surface area contributed by atoms with Crippen LogP contribution in [-0.4, -0.2) is 22.8 Å². The first-order chi connectivity index (χ1) is 7.70. The minimum absolute atomic E-state index is 0.0626. The van der Waals surface area contributed by atoms with Crippen LogP contribution >= 0.6 is 0 Å². The Morgan fingerprint density at radius 1 is 1.00 bits per heavy atom. The summed E-state index contributed by atoms with van der Waals surface area (Å²) in [6, 6.07) is 5.75. The fourth-order valence-corrected chi connectivity index (χ4v) is 1.23. The SMILES string of the molecule is O=C(c1ccco1)C(O)C(=O)c1ccco1. The molecule has 16 heavy (non-hydrogen) atoms. The van der Waals surface area contributed by atoms with Crippen LogP contribution in [0.25, 0.3) is 0 Å². The van der Waals surface area contributed by atoms with Crippen LogP contribution in [0.1, 0.15) is 21.1 Å². The van der Waals surface area contributed by atoms with E-state index in [0.717, 1.165) is 0 Å². The monoisotopic (exact) mass is 220 g/mol. The van der Waals surface area contributed by atoms with Crippen LogP contribution in [0, 0.1) is 0 Å². The van der Waals surface area contributed by atoms with Gasteiger partial charge in [0.15, 0.2) is 17.6 Å². The maximum Gasteiger partial charge on any atom is 0.234 e. The highest BCUT2D eigenvalue weighted by atomic mass is 16.4. The molecule has 2 aromatic rings. The van der Waals surface area contributed by atoms with Crippen LogP contribution in [0.4, 0.5) is 0 Å². The standard InChI is InChI=1S/C11H8O5/c12-9(7-3-1-5-15-7)11(14)10(13)8-4-2-6-16-8/h1-6,11,14H. The van der Waals surface area contributed by atoms with Gasteiger partial charge in [0.1, 0.15) is 0 Å². The summed E-state index contributed by atoms with van der Waals surface area (Å²) in [4.78, 5) is 23.1. The second-order valence-corrected chi connectivity index (χ2v) is 3.09. The Kier molecular flexibility index (Phi) is 2.70. The summed E-state index contributed by atoms with van der Waals surface area (Å²) in [5.74, 6) is -1.70. The van der Waals surface area contributed by atoms with Crippen molar-refractivity contribution in [3.05, 3.63) is 48.3 Å². The van der Waals surface area contributed by atoms with Gasteiger partial charge >= 0.3 is 0 Å². The Hall–Kier alpha value is -2.14. The smallest absolute Gasteiger partial charge is 0.234 e. The summed E-state index contributed by atoms with van der Waals surface area (Å²) >= 11 is 0. The molecule has 0 unspecified atom stereocenters. The number of furan rings is 2. The lowest BCUT2D eigenvalue weighted by Gasteiger charge is -2.03. The second-order valence-electron chi connectivity index (χ2n) is 3.09. The van der Waals surface area contributed by atoms with Gasteiger partial charge in [0.05, 0.1) is 12.5 Å². The largest absolute Gasteiger partial charge is 0.461 e. The topological polar surface area (TPSA) is 80.6 Å². The van der Waals surface area contributed by atoms with Crippen molar-refractivity contribution < 1.29 is 23.5 Å². The third-order valence-electron chi connectivity index (χ3n) is 2.02. The number of aliphatic hydroxyl groups excluding tert-OH is 1. The van der Waals surface area contributed by atoms with Gasteiger partial charge in [0.2, 0.25) is 11.6 Å². The average molecular weight is 220 g/mol. The van der Waals surface area contributed by atoms with E-state index in [1.807, 2.05) is 0 Å². The maximum absolute atomic E-state index is 11.5. The molecule has 0 aromatic carbocycles. The molecule has 0 aliphatic heterocycles. The number of hydrogen-bond acceptors (Lipinski definition) is 5. The number of hydrogen-bond donors (Lipinski definition) is 1. The molecule has 0 saturated heterocycles. The van der Waals surface area contributed by atoms with Crippen molar-refractivity contribution >= 4 is 11.6 Å². The highest BCUT2D eigenvalue weighted by Gasteiger charge is 2.29. The third-order valence-corrected chi connectivity index (χ3v) is 2.02. The Labute approximate surface area is 90.3 Å². The minimum Gasteiger partial charge on any atom is -0.461 e. The molecule has 0 spiro atoms. The predicted octanol–water partition coefficient (Wildman–Crippen LogP) is 1.30. The summed E-state index contributed by atoms with van der Waals surface area (Å²) in [5, 5.41) is 9.51. The van der Waals surface area contributed by atoms with E-state index < -0.39 is 17.7 Å². The number of rotatable bonds is 4. The first-order valence-corrected chi connectivity index (χ1v) is 4.53. The molecule has 0 fully saturated rings. The molecule has 0 aliphatic carbocycles. The summed E-state index contributed by atoms with van der Waals surface area (Å²) < 4.78 is 9.58. The maximum atomic E-state index is 11.5. The van der Waals surface area contributed by atoms with Crippen LogP contribution in [0.5, 0.6) is 0 Å². The molecule has 82 valence electrons. The van der Waals surface area contributed by atoms with Gasteiger partial charge in [-0.25, -0.2) is 0 Å². The van der Waals surface area contributed by atoms with E-state index in [9.17, 15) is 14.7 Å². The summed E-state index contributed by atoms with van der Waals surface area (Å²) in [7, 11) is 0. The van der Waals surface area contributed by atoms with Crippen LogP contribution in [0.3, 0.4) is 0 Å². The molecule has 0 radical (unpaired) electrons. The van der Waals surface area contributed by atoms with Crippen molar-refractivity contribution in [1.82, 2.24) is 0 Å². The van der Waals surface area contributed by atoms with Gasteiger partial charge in [-0.05, 0) is 24.3 Å².